The van der Waals surface area contributed by atoms with Crippen molar-refractivity contribution in [2.45, 2.75) is 12.1 Å². The number of amides is 1. The van der Waals surface area contributed by atoms with Crippen LogP contribution >= 0.6 is 11.8 Å². The number of nitrogens with one attached hydrogen (secondary N) is 1. The van der Waals surface area contributed by atoms with Gasteiger partial charge in [-0.05, 0) is 31.2 Å². The van der Waals surface area contributed by atoms with E-state index in [1.165, 1.54) is 18.7 Å². The summed E-state index contributed by atoms with van der Waals surface area (Å²) in [7, 11) is 1.82. The second-order valence-corrected chi connectivity index (χ2v) is 5.14. The van der Waals surface area contributed by atoms with Crippen molar-refractivity contribution in [2.24, 2.45) is 7.05 Å². The molecule has 6 nitrogen and oxygen atoms in total. The molecule has 1 amide bonds. The van der Waals surface area contributed by atoms with Gasteiger partial charge in [-0.25, -0.2) is 0 Å². The molecule has 20 heavy (non-hydrogen) atoms. The third-order valence-corrected chi connectivity index (χ3v) is 3.61. The second-order valence-electron chi connectivity index (χ2n) is 4.19. The molecular formula is C13H14N4O2S. The van der Waals surface area contributed by atoms with Crippen molar-refractivity contribution in [2.75, 3.05) is 11.1 Å². The van der Waals surface area contributed by atoms with Gasteiger partial charge in [0.2, 0.25) is 5.91 Å². The molecular weight excluding hydrogens is 276 g/mol. The van der Waals surface area contributed by atoms with Crippen LogP contribution < -0.4 is 5.32 Å². The summed E-state index contributed by atoms with van der Waals surface area (Å²) in [5.74, 6) is 0.121. The molecule has 0 saturated heterocycles. The van der Waals surface area contributed by atoms with Gasteiger partial charge in [0, 0.05) is 18.3 Å². The lowest BCUT2D eigenvalue weighted by Crippen LogP contribution is -2.14. The largest absolute Gasteiger partial charge is 0.325 e. The van der Waals surface area contributed by atoms with Crippen molar-refractivity contribution < 1.29 is 9.59 Å². The summed E-state index contributed by atoms with van der Waals surface area (Å²) >= 11 is 1.31. The number of nitrogens with zero attached hydrogens (tertiary/aromatic N) is 3. The number of hydrogen-bond acceptors (Lipinski definition) is 5. The molecule has 0 aliphatic heterocycles. The molecule has 2 aromatic rings. The van der Waals surface area contributed by atoms with Gasteiger partial charge in [-0.2, -0.15) is 0 Å². The SMILES string of the molecule is CC(=O)c1ccc(NC(=O)CSc2nncn2C)cc1. The Kier molecular flexibility index (Phi) is 4.52. The lowest BCUT2D eigenvalue weighted by atomic mass is 10.1. The van der Waals surface area contributed by atoms with Crippen molar-refractivity contribution in [1.82, 2.24) is 14.8 Å². The maximum atomic E-state index is 11.8. The Labute approximate surface area is 120 Å². The summed E-state index contributed by atoms with van der Waals surface area (Å²) in [4.78, 5) is 22.9. The van der Waals surface area contributed by atoms with Crippen LogP contribution in [0, 0.1) is 0 Å². The van der Waals surface area contributed by atoms with Gasteiger partial charge in [-0.1, -0.05) is 11.8 Å². The number of carbonyl (C=O) groups excluding carboxylic acids is 2. The molecule has 0 saturated carbocycles. The minimum Gasteiger partial charge on any atom is -0.325 e. The van der Waals surface area contributed by atoms with Crippen LogP contribution in [-0.4, -0.2) is 32.2 Å². The minimum absolute atomic E-state index is 0.000661. The van der Waals surface area contributed by atoms with E-state index >= 15 is 0 Å². The predicted molar refractivity (Wildman–Crippen MR) is 76.8 cm³/mol. The van der Waals surface area contributed by atoms with Crippen molar-refractivity contribution >= 4 is 29.1 Å². The first kappa shape index (κ1) is 14.3. The maximum Gasteiger partial charge on any atom is 0.234 e. The number of carbonyl (C=O) groups is 2. The molecule has 1 N–H and O–H groups in total. The van der Waals surface area contributed by atoms with Gasteiger partial charge in [-0.3, -0.25) is 9.59 Å². The summed E-state index contributed by atoms with van der Waals surface area (Å²) in [6.07, 6.45) is 1.58. The molecule has 0 atom stereocenters. The number of benzene rings is 1. The van der Waals surface area contributed by atoms with Crippen LogP contribution in [0.25, 0.3) is 0 Å². The standard InChI is InChI=1S/C13H14N4O2S/c1-9(18)10-3-5-11(6-4-10)15-12(19)7-20-13-16-14-8-17(13)2/h3-6,8H,7H2,1-2H3,(H,15,19). The Morgan fingerprint density at radius 3 is 2.55 bits per heavy atom. The van der Waals surface area contributed by atoms with Crippen LogP contribution in [-0.2, 0) is 11.8 Å². The van der Waals surface area contributed by atoms with Gasteiger partial charge >= 0.3 is 0 Å². The van der Waals surface area contributed by atoms with E-state index in [4.69, 9.17) is 0 Å². The second kappa shape index (κ2) is 6.33. The van der Waals surface area contributed by atoms with Gasteiger partial charge in [0.25, 0.3) is 0 Å². The Morgan fingerprint density at radius 1 is 1.30 bits per heavy atom. The zero-order valence-electron chi connectivity index (χ0n) is 11.2. The van der Waals surface area contributed by atoms with Crippen LogP contribution in [0.5, 0.6) is 0 Å². The highest BCUT2D eigenvalue weighted by atomic mass is 32.2. The first-order valence-electron chi connectivity index (χ1n) is 5.94. The van der Waals surface area contributed by atoms with E-state index < -0.39 is 0 Å². The smallest absolute Gasteiger partial charge is 0.234 e. The van der Waals surface area contributed by atoms with Gasteiger partial charge in [0.15, 0.2) is 10.9 Å². The number of rotatable bonds is 5. The number of aromatic nitrogens is 3. The fourth-order valence-corrected chi connectivity index (χ4v) is 2.21. The molecule has 7 heteroatoms. The Morgan fingerprint density at radius 2 is 2.00 bits per heavy atom. The monoisotopic (exact) mass is 290 g/mol. The van der Waals surface area contributed by atoms with E-state index in [2.05, 4.69) is 15.5 Å². The Hall–Kier alpha value is -2.15. The molecule has 104 valence electrons. The average Bonchev–Trinajstić information content (AvgIpc) is 2.82. The van der Waals surface area contributed by atoms with Gasteiger partial charge in [-0.15, -0.1) is 10.2 Å². The molecule has 0 fully saturated rings. The molecule has 0 bridgehead atoms. The van der Waals surface area contributed by atoms with Gasteiger partial charge in [0.05, 0.1) is 5.75 Å². The predicted octanol–water partition coefficient (Wildman–Crippen LogP) is 1.75. The summed E-state index contributed by atoms with van der Waals surface area (Å²) in [6.45, 7) is 1.51. The number of Topliss-reactive ketones (excluding diaryl/α,β-unsaturated/α-hetero) is 1. The Bertz CT molecular complexity index is 622. The first-order chi connectivity index (χ1) is 9.56. The zero-order valence-corrected chi connectivity index (χ0v) is 12.0. The molecule has 0 radical (unpaired) electrons. The number of thioether (sulfide) groups is 1. The van der Waals surface area contributed by atoms with E-state index in [9.17, 15) is 9.59 Å². The number of anilines is 1. The lowest BCUT2D eigenvalue weighted by molar-refractivity contribution is -0.113. The van der Waals surface area contributed by atoms with E-state index in [1.807, 2.05) is 7.05 Å². The molecule has 0 unspecified atom stereocenters. The molecule has 0 spiro atoms. The average molecular weight is 290 g/mol. The summed E-state index contributed by atoms with van der Waals surface area (Å²) < 4.78 is 1.75. The maximum absolute atomic E-state index is 11.8. The van der Waals surface area contributed by atoms with Crippen LogP contribution in [0.2, 0.25) is 0 Å². The van der Waals surface area contributed by atoms with Crippen molar-refractivity contribution in [3.63, 3.8) is 0 Å². The molecule has 1 aromatic heterocycles. The molecule has 0 aliphatic rings. The molecule has 1 aromatic carbocycles. The number of ketones is 1. The van der Waals surface area contributed by atoms with Crippen molar-refractivity contribution in [1.29, 1.82) is 0 Å². The van der Waals surface area contributed by atoms with Crippen LogP contribution in [0.15, 0.2) is 35.7 Å². The third kappa shape index (κ3) is 3.67. The summed E-state index contributed by atoms with van der Waals surface area (Å²) in [5.41, 5.74) is 1.29. The number of aryl methyl sites for hydroxylation is 1. The molecule has 1 heterocycles. The highest BCUT2D eigenvalue weighted by Gasteiger charge is 2.07. The highest BCUT2D eigenvalue weighted by molar-refractivity contribution is 7.99. The van der Waals surface area contributed by atoms with Gasteiger partial charge < -0.3 is 9.88 Å². The normalized spacial score (nSPS) is 10.3. The van der Waals surface area contributed by atoms with E-state index in [0.717, 1.165) is 0 Å². The topological polar surface area (TPSA) is 76.9 Å². The first-order valence-corrected chi connectivity index (χ1v) is 6.92. The Balaban J connectivity index is 1.88. The quantitative estimate of drug-likeness (QED) is 0.670. The van der Waals surface area contributed by atoms with E-state index in [-0.39, 0.29) is 17.4 Å². The number of hydrogen-bond donors (Lipinski definition) is 1. The van der Waals surface area contributed by atoms with Crippen molar-refractivity contribution in [3.8, 4) is 0 Å². The van der Waals surface area contributed by atoms with E-state index in [0.29, 0.717) is 16.4 Å². The van der Waals surface area contributed by atoms with Crippen LogP contribution in [0.3, 0.4) is 0 Å². The molecule has 0 aliphatic carbocycles. The lowest BCUT2D eigenvalue weighted by Gasteiger charge is -2.05. The summed E-state index contributed by atoms with van der Waals surface area (Å²) in [5, 5.41) is 11.1. The minimum atomic E-state index is -0.131. The molecule has 2 rings (SSSR count). The fourth-order valence-electron chi connectivity index (χ4n) is 1.52. The van der Waals surface area contributed by atoms with Gasteiger partial charge in [0.1, 0.15) is 6.33 Å². The van der Waals surface area contributed by atoms with Crippen LogP contribution in [0.4, 0.5) is 5.69 Å². The van der Waals surface area contributed by atoms with Crippen molar-refractivity contribution in [3.05, 3.63) is 36.2 Å². The highest BCUT2D eigenvalue weighted by Crippen LogP contribution is 2.15. The van der Waals surface area contributed by atoms with E-state index in [1.54, 1.807) is 35.2 Å². The third-order valence-electron chi connectivity index (χ3n) is 2.58. The summed E-state index contributed by atoms with van der Waals surface area (Å²) in [6, 6.07) is 6.80. The fraction of sp³-hybridized carbons (Fsp3) is 0.231. The zero-order chi connectivity index (χ0) is 14.5. The van der Waals surface area contributed by atoms with Crippen LogP contribution in [0.1, 0.15) is 17.3 Å².